The van der Waals surface area contributed by atoms with Gasteiger partial charge in [-0.3, -0.25) is 10.1 Å². The second-order valence-electron chi connectivity index (χ2n) is 6.06. The first-order valence-corrected chi connectivity index (χ1v) is 8.45. The number of ether oxygens (including phenoxy) is 1. The molecule has 1 aromatic heterocycles. The van der Waals surface area contributed by atoms with E-state index in [1.54, 1.807) is 12.3 Å². The summed E-state index contributed by atoms with van der Waals surface area (Å²) < 4.78 is 7.28. The van der Waals surface area contributed by atoms with Gasteiger partial charge >= 0.3 is 0 Å². The van der Waals surface area contributed by atoms with Crippen LogP contribution in [0.2, 0.25) is 0 Å². The molecule has 2 aromatic carbocycles. The Morgan fingerprint density at radius 2 is 1.96 bits per heavy atom. The highest BCUT2D eigenvalue weighted by atomic mass is 16.6. The van der Waals surface area contributed by atoms with Crippen LogP contribution in [0.5, 0.6) is 5.75 Å². The molecule has 134 valence electrons. The van der Waals surface area contributed by atoms with E-state index in [1.165, 1.54) is 22.4 Å². The molecular formula is C19H20N4O3. The van der Waals surface area contributed by atoms with E-state index in [2.05, 4.69) is 29.4 Å². The van der Waals surface area contributed by atoms with Crippen LogP contribution < -0.4 is 4.74 Å². The maximum atomic E-state index is 11.0. The number of nitro groups is 1. The minimum Gasteiger partial charge on any atom is -0.487 e. The minimum absolute atomic E-state index is 0.0195. The molecule has 0 N–H and O–H groups in total. The zero-order valence-electron chi connectivity index (χ0n) is 14.8. The number of aryl methyl sites for hydroxylation is 2. The van der Waals surface area contributed by atoms with Gasteiger partial charge in [-0.15, -0.1) is 5.10 Å². The first-order valence-electron chi connectivity index (χ1n) is 8.45. The maximum absolute atomic E-state index is 11.0. The number of hydrogen-bond acceptors (Lipinski definition) is 5. The first-order chi connectivity index (χ1) is 12.6. The first kappa shape index (κ1) is 17.6. The summed E-state index contributed by atoms with van der Waals surface area (Å²) in [4.78, 5) is 10.5. The number of nitro benzene ring substituents is 1. The Bertz CT molecular complexity index is 903. The molecule has 0 aliphatic rings. The number of non-ortho nitro benzene ring substituents is 1. The SMILES string of the molecule is CCCc1ccc(OCc2cn(-c3cc([N+](=O)[O-])ccc3C)nn2)cc1. The molecule has 0 aliphatic carbocycles. The highest BCUT2D eigenvalue weighted by Crippen LogP contribution is 2.21. The Morgan fingerprint density at radius 3 is 2.65 bits per heavy atom. The molecule has 7 nitrogen and oxygen atoms in total. The van der Waals surface area contributed by atoms with E-state index in [9.17, 15) is 10.1 Å². The molecule has 0 saturated carbocycles. The number of hydrogen-bond donors (Lipinski definition) is 0. The fourth-order valence-corrected chi connectivity index (χ4v) is 2.64. The fourth-order valence-electron chi connectivity index (χ4n) is 2.64. The van der Waals surface area contributed by atoms with Crippen molar-refractivity contribution in [2.24, 2.45) is 0 Å². The van der Waals surface area contributed by atoms with Crippen LogP contribution >= 0.6 is 0 Å². The van der Waals surface area contributed by atoms with E-state index in [0.717, 1.165) is 24.2 Å². The molecule has 3 aromatic rings. The molecule has 7 heteroatoms. The molecule has 26 heavy (non-hydrogen) atoms. The van der Waals surface area contributed by atoms with Crippen LogP contribution in [-0.4, -0.2) is 19.9 Å². The zero-order valence-corrected chi connectivity index (χ0v) is 14.8. The highest BCUT2D eigenvalue weighted by Gasteiger charge is 2.12. The summed E-state index contributed by atoms with van der Waals surface area (Å²) in [6.07, 6.45) is 3.88. The van der Waals surface area contributed by atoms with Crippen molar-refractivity contribution in [3.05, 3.63) is 75.6 Å². The summed E-state index contributed by atoms with van der Waals surface area (Å²) in [6, 6.07) is 12.7. The summed E-state index contributed by atoms with van der Waals surface area (Å²) in [5.74, 6) is 0.769. The van der Waals surface area contributed by atoms with Crippen LogP contribution in [0, 0.1) is 17.0 Å². The lowest BCUT2D eigenvalue weighted by atomic mass is 10.1. The van der Waals surface area contributed by atoms with E-state index in [-0.39, 0.29) is 12.3 Å². The van der Waals surface area contributed by atoms with Gasteiger partial charge in [-0.05, 0) is 36.6 Å². The highest BCUT2D eigenvalue weighted by molar-refractivity contribution is 5.48. The van der Waals surface area contributed by atoms with E-state index in [4.69, 9.17) is 4.74 Å². The van der Waals surface area contributed by atoms with Gasteiger partial charge in [0.2, 0.25) is 0 Å². The summed E-state index contributed by atoms with van der Waals surface area (Å²) in [7, 11) is 0. The number of nitrogens with zero attached hydrogens (tertiary/aromatic N) is 4. The summed E-state index contributed by atoms with van der Waals surface area (Å²) >= 11 is 0. The predicted octanol–water partition coefficient (Wildman–Crippen LogP) is 4.02. The maximum Gasteiger partial charge on any atom is 0.271 e. The van der Waals surface area contributed by atoms with Gasteiger partial charge in [-0.1, -0.05) is 36.8 Å². The monoisotopic (exact) mass is 352 g/mol. The van der Waals surface area contributed by atoms with Crippen molar-refractivity contribution in [3.8, 4) is 11.4 Å². The van der Waals surface area contributed by atoms with Crippen molar-refractivity contribution in [1.29, 1.82) is 0 Å². The van der Waals surface area contributed by atoms with Crippen molar-refractivity contribution < 1.29 is 9.66 Å². The molecule has 0 atom stereocenters. The molecule has 0 saturated heterocycles. The Hall–Kier alpha value is -3.22. The fraction of sp³-hybridized carbons (Fsp3) is 0.263. The van der Waals surface area contributed by atoms with Crippen molar-refractivity contribution in [1.82, 2.24) is 15.0 Å². The molecular weight excluding hydrogens is 332 g/mol. The largest absolute Gasteiger partial charge is 0.487 e. The van der Waals surface area contributed by atoms with Gasteiger partial charge in [0.05, 0.1) is 16.8 Å². The smallest absolute Gasteiger partial charge is 0.271 e. The van der Waals surface area contributed by atoms with Crippen LogP contribution in [0.15, 0.2) is 48.7 Å². The zero-order chi connectivity index (χ0) is 18.5. The third-order valence-electron chi connectivity index (χ3n) is 4.04. The van der Waals surface area contributed by atoms with Gasteiger partial charge in [0.25, 0.3) is 5.69 Å². The quantitative estimate of drug-likeness (QED) is 0.474. The van der Waals surface area contributed by atoms with Crippen LogP contribution in [0.1, 0.15) is 30.2 Å². The van der Waals surface area contributed by atoms with E-state index < -0.39 is 4.92 Å². The van der Waals surface area contributed by atoms with Crippen LogP contribution in [-0.2, 0) is 13.0 Å². The Labute approximate surface area is 151 Å². The van der Waals surface area contributed by atoms with Crippen molar-refractivity contribution in [3.63, 3.8) is 0 Å². The van der Waals surface area contributed by atoms with E-state index >= 15 is 0 Å². The summed E-state index contributed by atoms with van der Waals surface area (Å²) in [6.45, 7) is 4.30. The number of benzene rings is 2. The Morgan fingerprint density at radius 1 is 1.19 bits per heavy atom. The average Bonchev–Trinajstić information content (AvgIpc) is 3.10. The second kappa shape index (κ2) is 7.77. The summed E-state index contributed by atoms with van der Waals surface area (Å²) in [5.41, 5.74) is 3.45. The normalized spacial score (nSPS) is 10.7. The average molecular weight is 352 g/mol. The second-order valence-corrected chi connectivity index (χ2v) is 6.06. The van der Waals surface area contributed by atoms with E-state index in [1.807, 2.05) is 19.1 Å². The number of aromatic nitrogens is 3. The van der Waals surface area contributed by atoms with Crippen LogP contribution in [0.3, 0.4) is 0 Å². The topological polar surface area (TPSA) is 83.1 Å². The van der Waals surface area contributed by atoms with Crippen molar-refractivity contribution in [2.75, 3.05) is 0 Å². The van der Waals surface area contributed by atoms with Gasteiger partial charge in [-0.25, -0.2) is 4.68 Å². The van der Waals surface area contributed by atoms with Crippen LogP contribution in [0.4, 0.5) is 5.69 Å². The lowest BCUT2D eigenvalue weighted by Gasteiger charge is -2.05. The Kier molecular flexibility index (Phi) is 5.26. The minimum atomic E-state index is -0.425. The lowest BCUT2D eigenvalue weighted by Crippen LogP contribution is -1.99. The van der Waals surface area contributed by atoms with Gasteiger partial charge < -0.3 is 4.74 Å². The molecule has 0 amide bonds. The van der Waals surface area contributed by atoms with Crippen LogP contribution in [0.25, 0.3) is 5.69 Å². The van der Waals surface area contributed by atoms with Crippen molar-refractivity contribution in [2.45, 2.75) is 33.3 Å². The predicted molar refractivity (Wildman–Crippen MR) is 97.5 cm³/mol. The van der Waals surface area contributed by atoms with Gasteiger partial charge in [0.15, 0.2) is 0 Å². The Balaban J connectivity index is 1.70. The lowest BCUT2D eigenvalue weighted by molar-refractivity contribution is -0.384. The van der Waals surface area contributed by atoms with Gasteiger partial charge in [-0.2, -0.15) is 0 Å². The van der Waals surface area contributed by atoms with Gasteiger partial charge in [0, 0.05) is 12.1 Å². The molecule has 0 bridgehead atoms. The summed E-state index contributed by atoms with van der Waals surface area (Å²) in [5, 5.41) is 19.1. The molecule has 1 heterocycles. The molecule has 0 unspecified atom stereocenters. The van der Waals surface area contributed by atoms with Crippen molar-refractivity contribution >= 4 is 5.69 Å². The third kappa shape index (κ3) is 4.05. The molecule has 0 fully saturated rings. The molecule has 3 rings (SSSR count). The third-order valence-corrected chi connectivity index (χ3v) is 4.04. The molecule has 0 aliphatic heterocycles. The van der Waals surface area contributed by atoms with E-state index in [0.29, 0.717) is 11.4 Å². The molecule has 0 spiro atoms. The molecule has 0 radical (unpaired) electrons. The standard InChI is InChI=1S/C19H20N4O3/c1-3-4-15-6-9-18(10-7-15)26-13-16-12-22(21-20-16)19-11-17(23(24)25)8-5-14(19)2/h5-12H,3-4,13H2,1-2H3. The van der Waals surface area contributed by atoms with Gasteiger partial charge in [0.1, 0.15) is 18.1 Å². The number of rotatable bonds is 7.